The van der Waals surface area contributed by atoms with Crippen molar-refractivity contribution in [1.82, 2.24) is 0 Å². The number of unbranched alkanes of at least 4 members (excludes halogenated alkanes) is 18. The molecule has 10 nitrogen and oxygen atoms in total. The second-order valence-electron chi connectivity index (χ2n) is 15.5. The van der Waals surface area contributed by atoms with Crippen LogP contribution in [0.2, 0.25) is 0 Å². The summed E-state index contributed by atoms with van der Waals surface area (Å²) < 4.78 is 22.1. The maximum absolute atomic E-state index is 12.8. The molecule has 1 aliphatic rings. The molecule has 330 valence electrons. The van der Waals surface area contributed by atoms with Crippen molar-refractivity contribution < 1.29 is 49.0 Å². The number of rotatable bonds is 37. The Balaban J connectivity index is 2.34. The smallest absolute Gasteiger partial charge is 0.306 e. The van der Waals surface area contributed by atoms with Gasteiger partial charge in [-0.2, -0.15) is 0 Å². The van der Waals surface area contributed by atoms with Crippen molar-refractivity contribution >= 4 is 11.9 Å². The summed E-state index contributed by atoms with van der Waals surface area (Å²) in [6.45, 7) is 3.34. The third kappa shape index (κ3) is 29.5. The molecule has 1 heterocycles. The second kappa shape index (κ2) is 37.9. The first-order valence-corrected chi connectivity index (χ1v) is 22.7. The zero-order valence-electron chi connectivity index (χ0n) is 35.8. The van der Waals surface area contributed by atoms with Crippen LogP contribution in [0.3, 0.4) is 0 Å². The minimum Gasteiger partial charge on any atom is -0.462 e. The minimum absolute atomic E-state index is 0.217. The van der Waals surface area contributed by atoms with E-state index in [-0.39, 0.29) is 26.1 Å². The molecule has 6 unspecified atom stereocenters. The molecular formula is C47H82O10. The van der Waals surface area contributed by atoms with Crippen LogP contribution in [0.4, 0.5) is 0 Å². The Bertz CT molecular complexity index is 1070. The van der Waals surface area contributed by atoms with E-state index in [1.165, 1.54) is 64.2 Å². The Morgan fingerprint density at radius 1 is 0.544 bits per heavy atom. The summed E-state index contributed by atoms with van der Waals surface area (Å²) in [5.41, 5.74) is 0. The van der Waals surface area contributed by atoms with Crippen LogP contribution in [0.5, 0.6) is 0 Å². The number of aliphatic hydroxyl groups excluding tert-OH is 4. The van der Waals surface area contributed by atoms with Gasteiger partial charge in [0, 0.05) is 12.8 Å². The Kier molecular flexibility index (Phi) is 35.0. The van der Waals surface area contributed by atoms with E-state index in [1.807, 2.05) is 0 Å². The number of hydrogen-bond acceptors (Lipinski definition) is 10. The van der Waals surface area contributed by atoms with Crippen LogP contribution < -0.4 is 0 Å². The summed E-state index contributed by atoms with van der Waals surface area (Å²) >= 11 is 0. The van der Waals surface area contributed by atoms with E-state index in [1.54, 1.807) is 0 Å². The third-order valence-corrected chi connectivity index (χ3v) is 10.2. The highest BCUT2D eigenvalue weighted by molar-refractivity contribution is 5.70. The first kappa shape index (κ1) is 52.7. The number of carbonyl (C=O) groups excluding carboxylic acids is 2. The molecule has 0 aromatic rings. The number of hydrogen-bond donors (Lipinski definition) is 4. The van der Waals surface area contributed by atoms with Crippen LogP contribution in [0.25, 0.3) is 0 Å². The molecule has 1 fully saturated rings. The molecule has 1 rings (SSSR count). The van der Waals surface area contributed by atoms with Gasteiger partial charge < -0.3 is 39.4 Å². The molecule has 0 radical (unpaired) electrons. The first-order valence-electron chi connectivity index (χ1n) is 22.7. The van der Waals surface area contributed by atoms with Crippen molar-refractivity contribution in [3.63, 3.8) is 0 Å². The fourth-order valence-electron chi connectivity index (χ4n) is 6.53. The highest BCUT2D eigenvalue weighted by Crippen LogP contribution is 2.22. The molecule has 0 amide bonds. The molecule has 0 bridgehead atoms. The number of esters is 2. The number of allylic oxidation sites excluding steroid dienone is 8. The normalized spacial score (nSPS) is 20.7. The van der Waals surface area contributed by atoms with Crippen molar-refractivity contribution in [2.24, 2.45) is 0 Å². The molecule has 0 saturated carbocycles. The van der Waals surface area contributed by atoms with E-state index in [2.05, 4.69) is 62.5 Å². The lowest BCUT2D eigenvalue weighted by Gasteiger charge is -2.39. The SMILES string of the molecule is CCCC/C=C\C/C=C\CCCCCCCC(=O)OCC(COC1OC(CO)C(O)C(O)C1O)OC(=O)CCCCCCCCC/C=C\C/C=C\CCCCCC. The average molecular weight is 807 g/mol. The van der Waals surface area contributed by atoms with Gasteiger partial charge in [0.15, 0.2) is 12.4 Å². The summed E-state index contributed by atoms with van der Waals surface area (Å²) in [5, 5.41) is 40.1. The fourth-order valence-corrected chi connectivity index (χ4v) is 6.53. The first-order chi connectivity index (χ1) is 27.8. The quantitative estimate of drug-likeness (QED) is 0.0271. The number of carbonyl (C=O) groups is 2. The van der Waals surface area contributed by atoms with Gasteiger partial charge >= 0.3 is 11.9 Å². The summed E-state index contributed by atoms with van der Waals surface area (Å²) in [7, 11) is 0. The van der Waals surface area contributed by atoms with E-state index in [0.717, 1.165) is 77.0 Å². The second-order valence-corrected chi connectivity index (χ2v) is 15.5. The monoisotopic (exact) mass is 807 g/mol. The highest BCUT2D eigenvalue weighted by Gasteiger charge is 2.44. The molecule has 0 aliphatic carbocycles. The highest BCUT2D eigenvalue weighted by atomic mass is 16.7. The molecule has 4 N–H and O–H groups in total. The Hall–Kier alpha value is -2.34. The van der Waals surface area contributed by atoms with E-state index in [0.29, 0.717) is 12.8 Å². The topological polar surface area (TPSA) is 152 Å². The van der Waals surface area contributed by atoms with Gasteiger partial charge in [0.25, 0.3) is 0 Å². The summed E-state index contributed by atoms with van der Waals surface area (Å²) in [5.74, 6) is -0.833. The summed E-state index contributed by atoms with van der Waals surface area (Å²) in [6, 6.07) is 0. The molecular weight excluding hydrogens is 725 g/mol. The van der Waals surface area contributed by atoms with Crippen molar-refractivity contribution in [1.29, 1.82) is 0 Å². The van der Waals surface area contributed by atoms with E-state index in [9.17, 15) is 30.0 Å². The largest absolute Gasteiger partial charge is 0.462 e. The molecule has 1 aliphatic heterocycles. The van der Waals surface area contributed by atoms with E-state index >= 15 is 0 Å². The van der Waals surface area contributed by atoms with Crippen molar-refractivity contribution in [2.45, 2.75) is 218 Å². The lowest BCUT2D eigenvalue weighted by Crippen LogP contribution is -2.59. The Labute approximate surface area is 346 Å². The standard InChI is InChI=1S/C47H82O10/c1-3-5-7-9-11-13-15-17-19-20-21-22-24-26-28-30-32-34-36-43(50)56-40(39-55-47-46(53)45(52)44(51)41(37-48)57-47)38-54-42(49)35-33-31-29-27-25-23-18-16-14-12-10-8-6-4-2/h10,12-13,15-16,18-20,40-41,44-48,51-53H,3-9,11,14,17,21-39H2,1-2H3/b12-10-,15-13-,18-16-,20-19-. The average Bonchev–Trinajstić information content (AvgIpc) is 3.21. The number of aliphatic hydroxyl groups is 4. The zero-order valence-corrected chi connectivity index (χ0v) is 35.8. The van der Waals surface area contributed by atoms with Gasteiger partial charge in [-0.25, -0.2) is 0 Å². The predicted molar refractivity (Wildman–Crippen MR) is 229 cm³/mol. The molecule has 0 aromatic carbocycles. The fraction of sp³-hybridized carbons (Fsp3) is 0.787. The summed E-state index contributed by atoms with van der Waals surface area (Å²) in [4.78, 5) is 25.3. The molecule has 6 atom stereocenters. The van der Waals surface area contributed by atoms with Gasteiger partial charge in [-0.3, -0.25) is 9.59 Å². The van der Waals surface area contributed by atoms with Crippen molar-refractivity contribution in [3.05, 3.63) is 48.6 Å². The molecule has 57 heavy (non-hydrogen) atoms. The minimum atomic E-state index is -1.60. The van der Waals surface area contributed by atoms with E-state index in [4.69, 9.17) is 18.9 Å². The van der Waals surface area contributed by atoms with Crippen LogP contribution in [0.1, 0.15) is 181 Å². The third-order valence-electron chi connectivity index (χ3n) is 10.2. The Morgan fingerprint density at radius 3 is 1.51 bits per heavy atom. The van der Waals surface area contributed by atoms with Gasteiger partial charge in [-0.05, 0) is 70.6 Å². The molecule has 0 spiro atoms. The van der Waals surface area contributed by atoms with E-state index < -0.39 is 55.4 Å². The Morgan fingerprint density at radius 2 is 1.00 bits per heavy atom. The number of ether oxygens (including phenoxy) is 4. The molecule has 10 heteroatoms. The molecule has 1 saturated heterocycles. The van der Waals surface area contributed by atoms with Crippen LogP contribution in [-0.2, 0) is 28.5 Å². The van der Waals surface area contributed by atoms with Gasteiger partial charge in [-0.15, -0.1) is 0 Å². The van der Waals surface area contributed by atoms with Crippen LogP contribution in [-0.4, -0.2) is 89.0 Å². The van der Waals surface area contributed by atoms with Gasteiger partial charge in [0.05, 0.1) is 13.2 Å². The van der Waals surface area contributed by atoms with Crippen LogP contribution in [0, 0.1) is 0 Å². The maximum Gasteiger partial charge on any atom is 0.306 e. The summed E-state index contributed by atoms with van der Waals surface area (Å²) in [6.07, 6.45) is 36.8. The van der Waals surface area contributed by atoms with Gasteiger partial charge in [0.2, 0.25) is 0 Å². The van der Waals surface area contributed by atoms with Gasteiger partial charge in [-0.1, -0.05) is 146 Å². The molecule has 0 aromatic heterocycles. The van der Waals surface area contributed by atoms with Gasteiger partial charge in [0.1, 0.15) is 31.0 Å². The van der Waals surface area contributed by atoms with Crippen molar-refractivity contribution in [3.8, 4) is 0 Å². The zero-order chi connectivity index (χ0) is 41.6. The lowest BCUT2D eigenvalue weighted by molar-refractivity contribution is -0.305. The predicted octanol–water partition coefficient (Wildman–Crippen LogP) is 9.67. The van der Waals surface area contributed by atoms with Crippen LogP contribution in [0.15, 0.2) is 48.6 Å². The lowest BCUT2D eigenvalue weighted by atomic mass is 9.99. The van der Waals surface area contributed by atoms with Crippen LogP contribution >= 0.6 is 0 Å². The van der Waals surface area contributed by atoms with Crippen molar-refractivity contribution in [2.75, 3.05) is 19.8 Å². The maximum atomic E-state index is 12.8.